The van der Waals surface area contributed by atoms with Crippen LogP contribution in [0.1, 0.15) is 33.3 Å². The van der Waals surface area contributed by atoms with E-state index < -0.39 is 18.5 Å². The summed E-state index contributed by atoms with van der Waals surface area (Å²) in [6, 6.07) is 6.05. The van der Waals surface area contributed by atoms with E-state index in [4.69, 9.17) is 14.6 Å². The quantitative estimate of drug-likeness (QED) is 0.728. The highest BCUT2D eigenvalue weighted by molar-refractivity contribution is 6.62. The van der Waals surface area contributed by atoms with Crippen LogP contribution in [0, 0.1) is 22.6 Å². The molecule has 0 atom stereocenters. The molecule has 1 aliphatic heterocycles. The number of hydrogen-bond acceptors (Lipinski definition) is 3. The second kappa shape index (κ2) is 4.62. The normalized spacial score (nSPS) is 20.9. The highest BCUT2D eigenvalue weighted by Gasteiger charge is 2.47. The lowest BCUT2D eigenvalue weighted by Gasteiger charge is -2.47. The Morgan fingerprint density at radius 2 is 2.00 bits per heavy atom. The molecule has 0 aromatic heterocycles. The Morgan fingerprint density at radius 1 is 1.32 bits per heavy atom. The van der Waals surface area contributed by atoms with Gasteiger partial charge in [0.05, 0.1) is 17.2 Å². The number of nitrogens with zero attached hydrogens (tertiary/aromatic N) is 1. The number of rotatable bonds is 1. The maximum absolute atomic E-state index is 13.1. The van der Waals surface area contributed by atoms with Crippen molar-refractivity contribution < 1.29 is 13.7 Å². The summed E-state index contributed by atoms with van der Waals surface area (Å²) in [6.07, 6.45) is 0. The van der Waals surface area contributed by atoms with Gasteiger partial charge in [-0.15, -0.1) is 0 Å². The summed E-state index contributed by atoms with van der Waals surface area (Å²) in [5.41, 5.74) is 0.306. The zero-order valence-corrected chi connectivity index (χ0v) is 11.7. The van der Waals surface area contributed by atoms with Gasteiger partial charge in [0.1, 0.15) is 5.82 Å². The average molecular weight is 261 g/mol. The summed E-state index contributed by atoms with van der Waals surface area (Å²) in [5, 5.41) is 9.08. The molecular formula is C14H17BFNO2. The molecule has 1 aromatic rings. The Balaban J connectivity index is 2.33. The van der Waals surface area contributed by atoms with Crippen molar-refractivity contribution in [2.45, 2.75) is 33.3 Å². The van der Waals surface area contributed by atoms with Crippen LogP contribution in [0.4, 0.5) is 4.39 Å². The SMILES string of the molecule is CC1(C)COB(c2ccc(F)cc2C#N)OC1(C)C. The average Bonchev–Trinajstić information content (AvgIpc) is 2.33. The van der Waals surface area contributed by atoms with Gasteiger partial charge < -0.3 is 9.31 Å². The topological polar surface area (TPSA) is 42.2 Å². The molecule has 0 unspecified atom stereocenters. The van der Waals surface area contributed by atoms with Crippen LogP contribution in [0.5, 0.6) is 0 Å². The first-order chi connectivity index (χ1) is 8.77. The van der Waals surface area contributed by atoms with Crippen LogP contribution in [0.3, 0.4) is 0 Å². The molecule has 3 nitrogen and oxygen atoms in total. The van der Waals surface area contributed by atoms with Gasteiger partial charge >= 0.3 is 7.12 Å². The standard InChI is InChI=1S/C14H17BFNO2/c1-13(2)9-18-15(19-14(13,3)4)12-6-5-11(16)7-10(12)8-17/h5-7H,9H2,1-4H3. The van der Waals surface area contributed by atoms with Gasteiger partial charge in [0.25, 0.3) is 0 Å². The molecule has 0 saturated carbocycles. The molecular weight excluding hydrogens is 244 g/mol. The van der Waals surface area contributed by atoms with E-state index in [9.17, 15) is 4.39 Å². The van der Waals surface area contributed by atoms with Gasteiger partial charge in [-0.25, -0.2) is 4.39 Å². The predicted molar refractivity (Wildman–Crippen MR) is 71.4 cm³/mol. The van der Waals surface area contributed by atoms with Crippen LogP contribution in [0.2, 0.25) is 0 Å². The molecule has 1 fully saturated rings. The highest BCUT2D eigenvalue weighted by atomic mass is 19.1. The van der Waals surface area contributed by atoms with Crippen molar-refractivity contribution in [3.05, 3.63) is 29.6 Å². The highest BCUT2D eigenvalue weighted by Crippen LogP contribution is 2.38. The van der Waals surface area contributed by atoms with Crippen molar-refractivity contribution in [1.82, 2.24) is 0 Å². The molecule has 5 heteroatoms. The van der Waals surface area contributed by atoms with E-state index in [0.717, 1.165) is 0 Å². The Bertz CT molecular complexity index is 537. The van der Waals surface area contributed by atoms with E-state index in [1.165, 1.54) is 12.1 Å². The lowest BCUT2D eigenvalue weighted by molar-refractivity contribution is -0.0937. The summed E-state index contributed by atoms with van der Waals surface area (Å²) in [6.45, 7) is 8.65. The molecule has 1 aliphatic rings. The second-order valence-electron chi connectivity index (χ2n) is 6.00. The predicted octanol–water partition coefficient (Wildman–Crippen LogP) is 2.24. The van der Waals surface area contributed by atoms with Gasteiger partial charge in [-0.1, -0.05) is 19.9 Å². The molecule has 0 spiro atoms. The Hall–Kier alpha value is -1.38. The van der Waals surface area contributed by atoms with Crippen LogP contribution in [-0.4, -0.2) is 19.3 Å². The first-order valence-corrected chi connectivity index (χ1v) is 6.26. The van der Waals surface area contributed by atoms with Crippen LogP contribution in [0.25, 0.3) is 0 Å². The first-order valence-electron chi connectivity index (χ1n) is 6.26. The first kappa shape index (κ1) is 14.0. The number of benzene rings is 1. The van der Waals surface area contributed by atoms with Gasteiger partial charge in [0.2, 0.25) is 0 Å². The molecule has 0 N–H and O–H groups in total. The summed E-state index contributed by atoms with van der Waals surface area (Å²) in [7, 11) is -0.627. The van der Waals surface area contributed by atoms with E-state index in [0.29, 0.717) is 12.1 Å². The summed E-state index contributed by atoms with van der Waals surface area (Å²) in [5.74, 6) is -0.435. The van der Waals surface area contributed by atoms with Gasteiger partial charge in [-0.05, 0) is 26.0 Å². The minimum absolute atomic E-state index is 0.129. The number of nitriles is 1. The second-order valence-corrected chi connectivity index (χ2v) is 6.00. The molecule has 0 bridgehead atoms. The van der Waals surface area contributed by atoms with E-state index >= 15 is 0 Å². The fourth-order valence-corrected chi connectivity index (χ4v) is 1.90. The zero-order valence-electron chi connectivity index (χ0n) is 11.7. The van der Waals surface area contributed by atoms with Crippen molar-refractivity contribution in [2.24, 2.45) is 5.41 Å². The molecule has 0 aliphatic carbocycles. The minimum Gasteiger partial charge on any atom is -0.407 e. The van der Waals surface area contributed by atoms with Crippen LogP contribution in [-0.2, 0) is 9.31 Å². The third kappa shape index (κ3) is 2.51. The molecule has 1 aromatic carbocycles. The van der Waals surface area contributed by atoms with Gasteiger partial charge in [0, 0.05) is 17.5 Å². The number of halogens is 1. The van der Waals surface area contributed by atoms with Gasteiger partial charge in [-0.3, -0.25) is 0 Å². The molecule has 1 saturated heterocycles. The molecule has 19 heavy (non-hydrogen) atoms. The van der Waals surface area contributed by atoms with Crippen LogP contribution < -0.4 is 5.46 Å². The molecule has 100 valence electrons. The van der Waals surface area contributed by atoms with Crippen molar-refractivity contribution in [3.8, 4) is 6.07 Å². The Labute approximate surface area is 113 Å². The fourth-order valence-electron chi connectivity index (χ4n) is 1.90. The zero-order chi connectivity index (χ0) is 14.3. The van der Waals surface area contributed by atoms with Gasteiger partial charge in [-0.2, -0.15) is 5.26 Å². The minimum atomic E-state index is -0.627. The van der Waals surface area contributed by atoms with E-state index in [1.54, 1.807) is 6.07 Å². The molecule has 0 radical (unpaired) electrons. The summed E-state index contributed by atoms with van der Waals surface area (Å²) in [4.78, 5) is 0. The lowest BCUT2D eigenvalue weighted by atomic mass is 9.68. The third-order valence-electron chi connectivity index (χ3n) is 4.02. The Kier molecular flexibility index (Phi) is 3.42. The smallest absolute Gasteiger partial charge is 0.407 e. The van der Waals surface area contributed by atoms with Crippen molar-refractivity contribution in [3.63, 3.8) is 0 Å². The maximum atomic E-state index is 13.1. The molecule has 1 heterocycles. The van der Waals surface area contributed by atoms with Crippen molar-refractivity contribution in [1.29, 1.82) is 5.26 Å². The fraction of sp³-hybridized carbons (Fsp3) is 0.500. The van der Waals surface area contributed by atoms with Crippen LogP contribution >= 0.6 is 0 Å². The van der Waals surface area contributed by atoms with Crippen LogP contribution in [0.15, 0.2) is 18.2 Å². The monoisotopic (exact) mass is 261 g/mol. The summed E-state index contributed by atoms with van der Waals surface area (Å²) < 4.78 is 24.8. The summed E-state index contributed by atoms with van der Waals surface area (Å²) >= 11 is 0. The van der Waals surface area contributed by atoms with E-state index in [2.05, 4.69) is 13.8 Å². The third-order valence-corrected chi connectivity index (χ3v) is 4.02. The van der Waals surface area contributed by atoms with Crippen molar-refractivity contribution in [2.75, 3.05) is 6.61 Å². The van der Waals surface area contributed by atoms with E-state index in [1.807, 2.05) is 19.9 Å². The van der Waals surface area contributed by atoms with Crippen molar-refractivity contribution >= 4 is 12.6 Å². The van der Waals surface area contributed by atoms with Gasteiger partial charge in [0.15, 0.2) is 0 Å². The largest absolute Gasteiger partial charge is 0.495 e. The molecule has 2 rings (SSSR count). The maximum Gasteiger partial charge on any atom is 0.495 e. The lowest BCUT2D eigenvalue weighted by Crippen LogP contribution is -2.58. The number of hydrogen-bond donors (Lipinski definition) is 0. The van der Waals surface area contributed by atoms with E-state index in [-0.39, 0.29) is 11.0 Å². The molecule has 0 amide bonds. The Morgan fingerprint density at radius 3 is 2.58 bits per heavy atom.